The topological polar surface area (TPSA) is 55.5 Å². The van der Waals surface area contributed by atoms with E-state index in [0.717, 1.165) is 11.3 Å². The first kappa shape index (κ1) is 18.5. The van der Waals surface area contributed by atoms with Crippen molar-refractivity contribution in [3.63, 3.8) is 0 Å². The smallest absolute Gasteiger partial charge is 0.227 e. The average Bonchev–Trinajstić information content (AvgIpc) is 3.16. The molecule has 146 valence electrons. The summed E-state index contributed by atoms with van der Waals surface area (Å²) in [5.74, 6) is 0.820. The van der Waals surface area contributed by atoms with E-state index < -0.39 is 0 Å². The van der Waals surface area contributed by atoms with Gasteiger partial charge < -0.3 is 14.3 Å². The third-order valence-electron chi connectivity index (χ3n) is 5.06. The van der Waals surface area contributed by atoms with Crippen LogP contribution in [0.3, 0.4) is 0 Å². The third kappa shape index (κ3) is 3.05. The predicted molar refractivity (Wildman–Crippen MR) is 107 cm³/mol. The number of hydrogen-bond donors (Lipinski definition) is 1. The van der Waals surface area contributed by atoms with Crippen LogP contribution in [-0.2, 0) is 4.74 Å². The largest absolute Gasteiger partial charge is 0.506 e. The maximum atomic E-state index is 13.2. The van der Waals surface area contributed by atoms with Gasteiger partial charge in [0.05, 0.1) is 6.61 Å². The van der Waals surface area contributed by atoms with Crippen LogP contribution in [0.5, 0.6) is 5.75 Å². The molecule has 0 fully saturated rings. The zero-order valence-electron chi connectivity index (χ0n) is 16.8. The third-order valence-corrected chi connectivity index (χ3v) is 5.06. The quantitative estimate of drug-likeness (QED) is 0.578. The van der Waals surface area contributed by atoms with Crippen LogP contribution in [0.1, 0.15) is 40.2 Å². The van der Waals surface area contributed by atoms with Crippen molar-refractivity contribution in [2.75, 3.05) is 6.61 Å². The molecule has 4 nitrogen and oxygen atoms in total. The second kappa shape index (κ2) is 6.09. The van der Waals surface area contributed by atoms with Crippen molar-refractivity contribution in [3.8, 4) is 17.2 Å². The van der Waals surface area contributed by atoms with Gasteiger partial charge in [-0.2, -0.15) is 0 Å². The molecule has 3 aromatic rings. The van der Waals surface area contributed by atoms with Crippen LogP contribution in [0.15, 0.2) is 46.4 Å². The summed E-state index contributed by atoms with van der Waals surface area (Å²) < 4.78 is 25.1. The predicted octanol–water partition coefficient (Wildman–Crippen LogP) is 6.15. The molecule has 0 atom stereocenters. The van der Waals surface area contributed by atoms with Gasteiger partial charge in [0.1, 0.15) is 17.3 Å². The minimum Gasteiger partial charge on any atom is -0.506 e. The van der Waals surface area contributed by atoms with E-state index in [1.807, 2.05) is 6.07 Å². The summed E-state index contributed by atoms with van der Waals surface area (Å²) in [6.07, 6.45) is 0. The fourth-order valence-electron chi connectivity index (χ4n) is 4.15. The molecule has 0 unspecified atom stereocenters. The van der Waals surface area contributed by atoms with Crippen LogP contribution in [-0.4, -0.2) is 16.7 Å². The van der Waals surface area contributed by atoms with Crippen molar-refractivity contribution in [3.05, 3.63) is 53.4 Å². The van der Waals surface area contributed by atoms with Crippen molar-refractivity contribution in [2.24, 2.45) is 10.8 Å². The number of nitrogens with zero attached hydrogens (tertiary/aromatic N) is 1. The monoisotopic (exact) mass is 381 g/mol. The van der Waals surface area contributed by atoms with Gasteiger partial charge in [0.25, 0.3) is 0 Å². The highest BCUT2D eigenvalue weighted by atomic mass is 19.1. The molecule has 5 heteroatoms. The van der Waals surface area contributed by atoms with Gasteiger partial charge in [-0.15, -0.1) is 0 Å². The molecule has 1 N–H and O–H groups in total. The molecule has 0 spiro atoms. The van der Waals surface area contributed by atoms with Crippen molar-refractivity contribution >= 4 is 16.9 Å². The zero-order chi connectivity index (χ0) is 20.3. The van der Waals surface area contributed by atoms with E-state index in [4.69, 9.17) is 9.15 Å². The first-order valence-electron chi connectivity index (χ1n) is 9.34. The van der Waals surface area contributed by atoms with Crippen LogP contribution in [0.4, 0.5) is 4.39 Å². The molecule has 0 radical (unpaired) electrons. The molecule has 0 aliphatic carbocycles. The van der Waals surface area contributed by atoms with Gasteiger partial charge in [-0.3, -0.25) is 0 Å². The number of phenols is 1. The molecule has 0 saturated carbocycles. The molecule has 1 aliphatic heterocycles. The minimum atomic E-state index is -0.326. The number of benzene rings is 2. The van der Waals surface area contributed by atoms with Crippen LogP contribution >= 0.6 is 0 Å². The summed E-state index contributed by atoms with van der Waals surface area (Å²) in [6, 6.07) is 9.41. The Balaban J connectivity index is 1.87. The number of ether oxygens (including phenoxy) is 1. The van der Waals surface area contributed by atoms with Crippen molar-refractivity contribution in [1.82, 2.24) is 4.98 Å². The van der Waals surface area contributed by atoms with Gasteiger partial charge in [-0.05, 0) is 47.4 Å². The second-order valence-corrected chi connectivity index (χ2v) is 8.99. The number of oxazole rings is 1. The van der Waals surface area contributed by atoms with Crippen LogP contribution in [0, 0.1) is 16.6 Å². The molecule has 0 bridgehead atoms. The van der Waals surface area contributed by atoms with E-state index in [2.05, 4.69) is 39.6 Å². The van der Waals surface area contributed by atoms with E-state index >= 15 is 0 Å². The lowest BCUT2D eigenvalue weighted by molar-refractivity contribution is 0.213. The number of aromatic nitrogens is 1. The van der Waals surface area contributed by atoms with Crippen LogP contribution in [0.25, 0.3) is 28.3 Å². The Morgan fingerprint density at radius 1 is 1.07 bits per heavy atom. The van der Waals surface area contributed by atoms with Crippen LogP contribution in [0.2, 0.25) is 0 Å². The highest BCUT2D eigenvalue weighted by Gasteiger charge is 2.41. The SMILES string of the molecule is CC(C)(C)C1=C(c2cc(O)c3nc(-c4ccc(F)cc4)oc3c2)OCC1(C)C. The molecular formula is C23H24FNO3. The fourth-order valence-corrected chi connectivity index (χ4v) is 4.15. The van der Waals surface area contributed by atoms with E-state index in [-0.39, 0.29) is 22.4 Å². The van der Waals surface area contributed by atoms with E-state index in [1.54, 1.807) is 18.2 Å². The van der Waals surface area contributed by atoms with E-state index in [1.165, 1.54) is 17.7 Å². The maximum Gasteiger partial charge on any atom is 0.227 e. The number of hydrogen-bond acceptors (Lipinski definition) is 4. The highest BCUT2D eigenvalue weighted by molar-refractivity contribution is 5.86. The first-order valence-corrected chi connectivity index (χ1v) is 9.34. The lowest BCUT2D eigenvalue weighted by Gasteiger charge is -2.30. The summed E-state index contributed by atoms with van der Waals surface area (Å²) in [7, 11) is 0. The number of rotatable bonds is 2. The van der Waals surface area contributed by atoms with Gasteiger partial charge >= 0.3 is 0 Å². The van der Waals surface area contributed by atoms with Gasteiger partial charge in [-0.1, -0.05) is 34.6 Å². The Hall–Kier alpha value is -2.82. The van der Waals surface area contributed by atoms with E-state index in [9.17, 15) is 9.50 Å². The second-order valence-electron chi connectivity index (χ2n) is 8.99. The lowest BCUT2D eigenvalue weighted by atomic mass is 9.71. The van der Waals surface area contributed by atoms with E-state index in [0.29, 0.717) is 29.2 Å². The molecule has 0 amide bonds. The Labute approximate surface area is 163 Å². The number of fused-ring (bicyclic) bond motifs is 1. The Kier molecular flexibility index (Phi) is 4.03. The van der Waals surface area contributed by atoms with Crippen molar-refractivity contribution in [2.45, 2.75) is 34.6 Å². The summed E-state index contributed by atoms with van der Waals surface area (Å²) in [6.45, 7) is 11.4. The first-order chi connectivity index (χ1) is 13.1. The summed E-state index contributed by atoms with van der Waals surface area (Å²) >= 11 is 0. The lowest BCUT2D eigenvalue weighted by Crippen LogP contribution is -2.24. The maximum absolute atomic E-state index is 13.2. The molecule has 0 saturated heterocycles. The standard InChI is InChI=1S/C23H24FNO3/c1-22(2,3)20-19(27-12-23(20,4)5)14-10-16(26)18-17(11-14)28-21(25-18)13-6-8-15(24)9-7-13/h6-11,26H,12H2,1-5H3. The minimum absolute atomic E-state index is 0.0266. The normalized spacial score (nSPS) is 16.6. The molecular weight excluding hydrogens is 357 g/mol. The average molecular weight is 381 g/mol. The van der Waals surface area contributed by atoms with Crippen molar-refractivity contribution in [1.29, 1.82) is 0 Å². The van der Waals surface area contributed by atoms with Crippen LogP contribution < -0.4 is 0 Å². The Morgan fingerprint density at radius 3 is 2.39 bits per heavy atom. The van der Waals surface area contributed by atoms with Gasteiger partial charge in [0, 0.05) is 16.5 Å². The Bertz CT molecular complexity index is 1090. The molecule has 2 aromatic carbocycles. The Morgan fingerprint density at radius 2 is 1.75 bits per heavy atom. The van der Waals surface area contributed by atoms with Gasteiger partial charge in [-0.25, -0.2) is 9.37 Å². The number of phenolic OH excluding ortho intramolecular Hbond substituents is 1. The zero-order valence-corrected chi connectivity index (χ0v) is 16.8. The summed E-state index contributed by atoms with van der Waals surface area (Å²) in [5, 5.41) is 10.6. The number of aromatic hydroxyl groups is 1. The summed E-state index contributed by atoms with van der Waals surface area (Å²) in [4.78, 5) is 4.38. The van der Waals surface area contributed by atoms with Crippen molar-refractivity contribution < 1.29 is 18.7 Å². The number of halogens is 1. The molecule has 4 rings (SSSR count). The van der Waals surface area contributed by atoms with Gasteiger partial charge in [0.15, 0.2) is 11.1 Å². The molecule has 28 heavy (non-hydrogen) atoms. The molecule has 1 aromatic heterocycles. The molecule has 2 heterocycles. The highest BCUT2D eigenvalue weighted by Crippen LogP contribution is 2.50. The summed E-state index contributed by atoms with van der Waals surface area (Å²) in [5.41, 5.74) is 3.27. The molecule has 1 aliphatic rings. The fraction of sp³-hybridized carbons (Fsp3) is 0.348. The van der Waals surface area contributed by atoms with Gasteiger partial charge in [0.2, 0.25) is 5.89 Å².